The first-order valence-corrected chi connectivity index (χ1v) is 9.08. The van der Waals surface area contributed by atoms with Crippen molar-refractivity contribution in [3.05, 3.63) is 29.8 Å². The average molecular weight is 337 g/mol. The maximum absolute atomic E-state index is 10.2. The molecule has 1 aromatic carbocycles. The largest absolute Gasteiger partial charge is 0.491 e. The second-order valence-corrected chi connectivity index (χ2v) is 6.59. The van der Waals surface area contributed by atoms with Crippen LogP contribution in [0.1, 0.15) is 43.6 Å². The Hall–Kier alpha value is -1.14. The smallest absolute Gasteiger partial charge is 0.122 e. The van der Waals surface area contributed by atoms with Crippen LogP contribution in [0.15, 0.2) is 24.3 Å². The minimum atomic E-state index is -0.650. The first kappa shape index (κ1) is 19.2. The summed E-state index contributed by atoms with van der Waals surface area (Å²) in [6.07, 6.45) is 5.65. The van der Waals surface area contributed by atoms with Gasteiger partial charge in [-0.25, -0.2) is 0 Å². The molecule has 0 saturated heterocycles. The van der Waals surface area contributed by atoms with Crippen LogP contribution >= 0.6 is 0 Å². The van der Waals surface area contributed by atoms with Gasteiger partial charge >= 0.3 is 0 Å². The van der Waals surface area contributed by atoms with Crippen molar-refractivity contribution in [2.45, 2.75) is 44.1 Å². The number of nitrogens with zero attached hydrogens (tertiary/aromatic N) is 1. The lowest BCUT2D eigenvalue weighted by Gasteiger charge is -2.26. The predicted octanol–water partition coefficient (Wildman–Crippen LogP) is 1.76. The van der Waals surface area contributed by atoms with Crippen molar-refractivity contribution in [3.8, 4) is 5.75 Å². The lowest BCUT2D eigenvalue weighted by molar-refractivity contribution is 0.0548. The molecule has 1 aliphatic rings. The van der Waals surface area contributed by atoms with Gasteiger partial charge < -0.3 is 20.1 Å². The molecule has 1 saturated carbocycles. The van der Waals surface area contributed by atoms with Crippen LogP contribution in [0.3, 0.4) is 0 Å². The van der Waals surface area contributed by atoms with Gasteiger partial charge in [-0.3, -0.25) is 4.90 Å². The molecule has 5 nitrogen and oxygen atoms in total. The summed E-state index contributed by atoms with van der Waals surface area (Å²) < 4.78 is 5.91. The van der Waals surface area contributed by atoms with Crippen LogP contribution < -0.4 is 4.74 Å². The fourth-order valence-corrected chi connectivity index (χ4v) is 3.48. The van der Waals surface area contributed by atoms with Gasteiger partial charge in [0, 0.05) is 19.6 Å². The molecule has 0 radical (unpaired) electrons. The van der Waals surface area contributed by atoms with E-state index in [2.05, 4.69) is 12.1 Å². The predicted molar refractivity (Wildman–Crippen MR) is 94.4 cm³/mol. The molecule has 0 bridgehead atoms. The van der Waals surface area contributed by atoms with E-state index in [1.54, 1.807) is 0 Å². The van der Waals surface area contributed by atoms with Crippen molar-refractivity contribution in [1.82, 2.24) is 4.90 Å². The zero-order valence-electron chi connectivity index (χ0n) is 14.4. The highest BCUT2D eigenvalue weighted by molar-refractivity contribution is 5.36. The summed E-state index contributed by atoms with van der Waals surface area (Å²) in [4.78, 5) is 1.83. The van der Waals surface area contributed by atoms with Crippen molar-refractivity contribution in [1.29, 1.82) is 0 Å². The quantitative estimate of drug-likeness (QED) is 0.607. The Labute approximate surface area is 144 Å². The zero-order valence-corrected chi connectivity index (χ0v) is 14.4. The van der Waals surface area contributed by atoms with E-state index < -0.39 is 6.10 Å². The van der Waals surface area contributed by atoms with Crippen molar-refractivity contribution >= 4 is 0 Å². The normalized spacial score (nSPS) is 17.2. The third kappa shape index (κ3) is 6.06. The Balaban J connectivity index is 1.88. The molecule has 2 rings (SSSR count). The fraction of sp³-hybridized carbons (Fsp3) is 0.684. The van der Waals surface area contributed by atoms with E-state index in [0.29, 0.717) is 25.6 Å². The Kier molecular flexibility index (Phi) is 8.53. The van der Waals surface area contributed by atoms with Gasteiger partial charge in [0.15, 0.2) is 0 Å². The van der Waals surface area contributed by atoms with E-state index >= 15 is 0 Å². The highest BCUT2D eigenvalue weighted by Crippen LogP contribution is 2.37. The van der Waals surface area contributed by atoms with Gasteiger partial charge in [-0.2, -0.15) is 0 Å². The molecule has 24 heavy (non-hydrogen) atoms. The summed E-state index contributed by atoms with van der Waals surface area (Å²) in [5.74, 6) is 1.44. The van der Waals surface area contributed by atoms with Crippen LogP contribution in [0.4, 0.5) is 0 Å². The molecule has 0 spiro atoms. The van der Waals surface area contributed by atoms with Gasteiger partial charge in [0.1, 0.15) is 18.5 Å². The van der Waals surface area contributed by atoms with Crippen molar-refractivity contribution < 1.29 is 20.1 Å². The van der Waals surface area contributed by atoms with Gasteiger partial charge in [0.2, 0.25) is 0 Å². The number of rotatable bonds is 10. The van der Waals surface area contributed by atoms with Crippen LogP contribution in [-0.2, 0) is 0 Å². The summed E-state index contributed by atoms with van der Waals surface area (Å²) in [6, 6.07) is 8.15. The Morgan fingerprint density at radius 3 is 2.38 bits per heavy atom. The number of benzene rings is 1. The van der Waals surface area contributed by atoms with Gasteiger partial charge in [-0.05, 0) is 30.4 Å². The number of para-hydroxylation sites is 1. The number of aliphatic hydroxyl groups is 3. The summed E-state index contributed by atoms with van der Waals surface area (Å²) in [6.45, 7) is 1.51. The van der Waals surface area contributed by atoms with Crippen LogP contribution in [0.5, 0.6) is 5.75 Å². The maximum Gasteiger partial charge on any atom is 0.122 e. The van der Waals surface area contributed by atoms with E-state index in [0.717, 1.165) is 5.75 Å². The van der Waals surface area contributed by atoms with Gasteiger partial charge in [-0.1, -0.05) is 37.5 Å². The molecule has 0 amide bonds. The maximum atomic E-state index is 10.2. The van der Waals surface area contributed by atoms with E-state index in [4.69, 9.17) is 14.9 Å². The second-order valence-electron chi connectivity index (χ2n) is 6.59. The lowest BCUT2D eigenvalue weighted by Crippen LogP contribution is -2.39. The first-order valence-electron chi connectivity index (χ1n) is 9.08. The topological polar surface area (TPSA) is 73.2 Å². The molecular weight excluding hydrogens is 306 g/mol. The van der Waals surface area contributed by atoms with Crippen molar-refractivity contribution in [3.63, 3.8) is 0 Å². The van der Waals surface area contributed by atoms with Gasteiger partial charge in [0.25, 0.3) is 0 Å². The molecule has 3 N–H and O–H groups in total. The molecule has 1 atom stereocenters. The molecule has 1 unspecified atom stereocenters. The average Bonchev–Trinajstić information content (AvgIpc) is 2.61. The van der Waals surface area contributed by atoms with Crippen LogP contribution in [-0.4, -0.2) is 65.8 Å². The SMILES string of the molecule is OCCN(CCO)CC(O)COc1ccccc1C1CCCCC1. The van der Waals surface area contributed by atoms with Crippen molar-refractivity contribution in [2.24, 2.45) is 0 Å². The third-order valence-corrected chi connectivity index (χ3v) is 4.70. The number of hydrogen-bond donors (Lipinski definition) is 3. The minimum absolute atomic E-state index is 0.0120. The molecular formula is C19H31NO4. The fourth-order valence-electron chi connectivity index (χ4n) is 3.48. The molecule has 5 heteroatoms. The molecule has 1 fully saturated rings. The molecule has 0 aliphatic heterocycles. The molecule has 136 valence electrons. The van der Waals surface area contributed by atoms with Gasteiger partial charge in [0.05, 0.1) is 13.2 Å². The van der Waals surface area contributed by atoms with E-state index in [-0.39, 0.29) is 19.8 Å². The lowest BCUT2D eigenvalue weighted by atomic mass is 9.84. The third-order valence-electron chi connectivity index (χ3n) is 4.70. The van der Waals surface area contributed by atoms with E-state index in [1.165, 1.54) is 37.7 Å². The molecule has 0 heterocycles. The Morgan fingerprint density at radius 1 is 1.04 bits per heavy atom. The number of aliphatic hydroxyl groups excluding tert-OH is 3. The summed E-state index contributed by atoms with van der Waals surface area (Å²) >= 11 is 0. The van der Waals surface area contributed by atoms with E-state index in [1.807, 2.05) is 17.0 Å². The zero-order chi connectivity index (χ0) is 17.2. The Bertz CT molecular complexity index is 456. The first-order chi connectivity index (χ1) is 11.7. The summed E-state index contributed by atoms with van der Waals surface area (Å²) in [5.41, 5.74) is 1.26. The standard InChI is InChI=1S/C19H31NO4/c21-12-10-20(11-13-22)14-17(23)15-24-19-9-5-4-8-18(19)16-6-2-1-3-7-16/h4-5,8-9,16-17,21-23H,1-3,6-7,10-15H2. The van der Waals surface area contributed by atoms with Crippen LogP contribution in [0, 0.1) is 0 Å². The van der Waals surface area contributed by atoms with Crippen molar-refractivity contribution in [2.75, 3.05) is 39.5 Å². The van der Waals surface area contributed by atoms with E-state index in [9.17, 15) is 5.11 Å². The number of hydrogen-bond acceptors (Lipinski definition) is 5. The minimum Gasteiger partial charge on any atom is -0.491 e. The van der Waals surface area contributed by atoms with Crippen LogP contribution in [0.25, 0.3) is 0 Å². The molecule has 0 aromatic heterocycles. The highest BCUT2D eigenvalue weighted by Gasteiger charge is 2.19. The monoisotopic (exact) mass is 337 g/mol. The van der Waals surface area contributed by atoms with Crippen LogP contribution in [0.2, 0.25) is 0 Å². The summed E-state index contributed by atoms with van der Waals surface area (Å²) in [7, 11) is 0. The van der Waals surface area contributed by atoms with Gasteiger partial charge in [-0.15, -0.1) is 0 Å². The summed E-state index contributed by atoms with van der Waals surface area (Å²) in [5, 5.41) is 28.3. The molecule has 1 aromatic rings. The molecule has 1 aliphatic carbocycles. The second kappa shape index (κ2) is 10.7. The highest BCUT2D eigenvalue weighted by atomic mass is 16.5. The Morgan fingerprint density at radius 2 is 1.71 bits per heavy atom. The number of ether oxygens (including phenoxy) is 1.